The van der Waals surface area contributed by atoms with Crippen LogP contribution in [0.1, 0.15) is 37.5 Å². The molecule has 2 nitrogen and oxygen atoms in total. The zero-order valence-electron chi connectivity index (χ0n) is 12.5. The molecule has 0 atom stereocenters. The van der Waals surface area contributed by atoms with Gasteiger partial charge >= 0.3 is 0 Å². The number of nitrogens with one attached hydrogen (secondary N) is 1. The van der Waals surface area contributed by atoms with Crippen molar-refractivity contribution < 1.29 is 5.11 Å². The third-order valence-electron chi connectivity index (χ3n) is 3.42. The highest BCUT2D eigenvalue weighted by Crippen LogP contribution is 2.29. The SMILES string of the molecule is CC(C)(C)c1ccccc1NCc1ccc(CO)cc1. The van der Waals surface area contributed by atoms with Crippen LogP contribution in [-0.2, 0) is 18.6 Å². The minimum Gasteiger partial charge on any atom is -0.392 e. The van der Waals surface area contributed by atoms with Gasteiger partial charge in [-0.05, 0) is 28.2 Å². The first-order valence-corrected chi connectivity index (χ1v) is 7.03. The van der Waals surface area contributed by atoms with Gasteiger partial charge in [-0.2, -0.15) is 0 Å². The van der Waals surface area contributed by atoms with Crippen molar-refractivity contribution in [2.45, 2.75) is 39.3 Å². The van der Waals surface area contributed by atoms with Crippen LogP contribution in [0.5, 0.6) is 0 Å². The number of hydrogen-bond donors (Lipinski definition) is 2. The lowest BCUT2D eigenvalue weighted by molar-refractivity contribution is 0.282. The Hall–Kier alpha value is -1.80. The largest absolute Gasteiger partial charge is 0.392 e. The van der Waals surface area contributed by atoms with Gasteiger partial charge in [-0.25, -0.2) is 0 Å². The van der Waals surface area contributed by atoms with E-state index >= 15 is 0 Å². The lowest BCUT2D eigenvalue weighted by Crippen LogP contribution is -2.14. The number of benzene rings is 2. The van der Waals surface area contributed by atoms with Crippen LogP contribution in [0.4, 0.5) is 5.69 Å². The van der Waals surface area contributed by atoms with E-state index in [4.69, 9.17) is 5.11 Å². The van der Waals surface area contributed by atoms with Crippen LogP contribution in [0.25, 0.3) is 0 Å². The molecule has 2 aromatic rings. The van der Waals surface area contributed by atoms with Crippen molar-refractivity contribution in [2.24, 2.45) is 0 Å². The molecule has 0 aliphatic heterocycles. The molecule has 0 amide bonds. The van der Waals surface area contributed by atoms with Crippen molar-refractivity contribution in [3.8, 4) is 0 Å². The van der Waals surface area contributed by atoms with Crippen LogP contribution in [0, 0.1) is 0 Å². The van der Waals surface area contributed by atoms with E-state index in [1.165, 1.54) is 16.8 Å². The van der Waals surface area contributed by atoms with Gasteiger partial charge in [0.2, 0.25) is 0 Å². The Morgan fingerprint density at radius 1 is 0.900 bits per heavy atom. The van der Waals surface area contributed by atoms with Gasteiger partial charge in [0.15, 0.2) is 0 Å². The fourth-order valence-corrected chi connectivity index (χ4v) is 2.25. The molecular formula is C18H23NO. The molecule has 2 aromatic carbocycles. The molecule has 0 radical (unpaired) electrons. The molecule has 0 fully saturated rings. The van der Waals surface area contributed by atoms with Crippen LogP contribution in [0.3, 0.4) is 0 Å². The molecule has 0 aliphatic rings. The second-order valence-corrected chi connectivity index (χ2v) is 6.12. The molecule has 106 valence electrons. The van der Waals surface area contributed by atoms with Crippen LogP contribution in [0.15, 0.2) is 48.5 Å². The Kier molecular flexibility index (Phi) is 4.46. The molecule has 0 saturated carbocycles. The molecule has 0 aliphatic carbocycles. The van der Waals surface area contributed by atoms with Crippen molar-refractivity contribution in [2.75, 3.05) is 5.32 Å². The summed E-state index contributed by atoms with van der Waals surface area (Å²) in [6, 6.07) is 16.5. The zero-order valence-corrected chi connectivity index (χ0v) is 12.5. The highest BCUT2D eigenvalue weighted by Gasteiger charge is 2.16. The molecular weight excluding hydrogens is 246 g/mol. The minimum absolute atomic E-state index is 0.0978. The Bertz CT molecular complexity index is 552. The number of aliphatic hydroxyl groups excluding tert-OH is 1. The fraction of sp³-hybridized carbons (Fsp3) is 0.333. The van der Waals surface area contributed by atoms with Crippen LogP contribution in [-0.4, -0.2) is 5.11 Å². The number of aliphatic hydroxyl groups is 1. The first-order valence-electron chi connectivity index (χ1n) is 7.03. The van der Waals surface area contributed by atoms with E-state index in [-0.39, 0.29) is 12.0 Å². The standard InChI is InChI=1S/C18H23NO/c1-18(2,3)16-6-4-5-7-17(16)19-12-14-8-10-15(13-20)11-9-14/h4-11,19-20H,12-13H2,1-3H3. The highest BCUT2D eigenvalue weighted by atomic mass is 16.3. The van der Waals surface area contributed by atoms with E-state index < -0.39 is 0 Å². The first kappa shape index (κ1) is 14.6. The number of anilines is 1. The predicted molar refractivity (Wildman–Crippen MR) is 84.8 cm³/mol. The summed E-state index contributed by atoms with van der Waals surface area (Å²) in [4.78, 5) is 0. The average molecular weight is 269 g/mol. The zero-order chi connectivity index (χ0) is 14.6. The summed E-state index contributed by atoms with van der Waals surface area (Å²) in [5.74, 6) is 0. The maximum Gasteiger partial charge on any atom is 0.0681 e. The first-order chi connectivity index (χ1) is 9.50. The molecule has 0 heterocycles. The summed E-state index contributed by atoms with van der Waals surface area (Å²) in [5, 5.41) is 12.6. The molecule has 20 heavy (non-hydrogen) atoms. The summed E-state index contributed by atoms with van der Waals surface area (Å²) in [5.41, 5.74) is 4.80. The molecule has 0 aromatic heterocycles. The molecule has 0 saturated heterocycles. The Balaban J connectivity index is 2.10. The van der Waals surface area contributed by atoms with E-state index in [0.29, 0.717) is 0 Å². The maximum absolute atomic E-state index is 9.05. The van der Waals surface area contributed by atoms with Gasteiger partial charge in [-0.3, -0.25) is 0 Å². The van der Waals surface area contributed by atoms with Gasteiger partial charge in [-0.1, -0.05) is 63.2 Å². The van der Waals surface area contributed by atoms with E-state index in [1.54, 1.807) is 0 Å². The van der Waals surface area contributed by atoms with Crippen molar-refractivity contribution in [1.29, 1.82) is 0 Å². The van der Waals surface area contributed by atoms with E-state index in [2.05, 4.69) is 62.5 Å². The quantitative estimate of drug-likeness (QED) is 0.876. The summed E-state index contributed by atoms with van der Waals surface area (Å²) < 4.78 is 0. The second kappa shape index (κ2) is 6.10. The summed E-state index contributed by atoms with van der Waals surface area (Å²) in [7, 11) is 0. The normalized spacial score (nSPS) is 11.4. The average Bonchev–Trinajstić information content (AvgIpc) is 2.45. The predicted octanol–water partition coefficient (Wildman–Crippen LogP) is 4.09. The Morgan fingerprint density at radius 2 is 1.50 bits per heavy atom. The Morgan fingerprint density at radius 3 is 2.10 bits per heavy atom. The highest BCUT2D eigenvalue weighted by molar-refractivity contribution is 5.54. The van der Waals surface area contributed by atoms with Crippen LogP contribution < -0.4 is 5.32 Å². The van der Waals surface area contributed by atoms with Gasteiger partial charge in [0, 0.05) is 12.2 Å². The van der Waals surface area contributed by atoms with E-state index in [1.807, 2.05) is 12.1 Å². The van der Waals surface area contributed by atoms with Gasteiger partial charge in [-0.15, -0.1) is 0 Å². The fourth-order valence-electron chi connectivity index (χ4n) is 2.25. The summed E-state index contributed by atoms with van der Waals surface area (Å²) >= 11 is 0. The topological polar surface area (TPSA) is 32.3 Å². The van der Waals surface area contributed by atoms with Crippen molar-refractivity contribution in [1.82, 2.24) is 0 Å². The molecule has 0 bridgehead atoms. The molecule has 2 heteroatoms. The maximum atomic E-state index is 9.05. The van der Waals surface area contributed by atoms with Crippen molar-refractivity contribution >= 4 is 5.69 Å². The van der Waals surface area contributed by atoms with E-state index in [9.17, 15) is 0 Å². The smallest absolute Gasteiger partial charge is 0.0681 e. The minimum atomic E-state index is 0.0978. The second-order valence-electron chi connectivity index (χ2n) is 6.12. The summed E-state index contributed by atoms with van der Waals surface area (Å²) in [6.07, 6.45) is 0. The molecule has 2 N–H and O–H groups in total. The van der Waals surface area contributed by atoms with E-state index in [0.717, 1.165) is 12.1 Å². The molecule has 0 spiro atoms. The number of rotatable bonds is 4. The molecule has 0 unspecified atom stereocenters. The van der Waals surface area contributed by atoms with Crippen molar-refractivity contribution in [3.63, 3.8) is 0 Å². The number of para-hydroxylation sites is 1. The summed E-state index contributed by atoms with van der Waals surface area (Å²) in [6.45, 7) is 7.57. The van der Waals surface area contributed by atoms with Crippen molar-refractivity contribution in [3.05, 3.63) is 65.2 Å². The molecule has 2 rings (SSSR count). The van der Waals surface area contributed by atoms with Crippen LogP contribution in [0.2, 0.25) is 0 Å². The third kappa shape index (κ3) is 3.61. The van der Waals surface area contributed by atoms with Gasteiger partial charge in [0.25, 0.3) is 0 Å². The third-order valence-corrected chi connectivity index (χ3v) is 3.42. The lowest BCUT2D eigenvalue weighted by Gasteiger charge is -2.23. The monoisotopic (exact) mass is 269 g/mol. The lowest BCUT2D eigenvalue weighted by atomic mass is 9.86. The van der Waals surface area contributed by atoms with Gasteiger partial charge in [0.05, 0.1) is 6.61 Å². The Labute approximate surface area is 121 Å². The van der Waals surface area contributed by atoms with Gasteiger partial charge < -0.3 is 10.4 Å². The van der Waals surface area contributed by atoms with Crippen LogP contribution >= 0.6 is 0 Å². The number of hydrogen-bond acceptors (Lipinski definition) is 2. The van der Waals surface area contributed by atoms with Gasteiger partial charge in [0.1, 0.15) is 0 Å².